The van der Waals surface area contributed by atoms with Gasteiger partial charge in [0.25, 0.3) is 5.91 Å². The number of carbonyl (C=O) groups excluding carboxylic acids is 2. The highest BCUT2D eigenvalue weighted by Gasteiger charge is 2.30. The maximum atomic E-state index is 13.1. The normalized spacial score (nSPS) is 18.6. The number of thiophene rings is 1. The number of carbonyl (C=O) groups is 2. The van der Waals surface area contributed by atoms with Crippen LogP contribution < -0.4 is 5.32 Å². The minimum atomic E-state index is -0.530. The van der Waals surface area contributed by atoms with Gasteiger partial charge in [-0.25, -0.2) is 0 Å². The summed E-state index contributed by atoms with van der Waals surface area (Å²) in [5, 5.41) is 4.84. The molecule has 1 aliphatic heterocycles. The Balaban J connectivity index is 1.77. The Morgan fingerprint density at radius 1 is 1.20 bits per heavy atom. The van der Waals surface area contributed by atoms with Crippen molar-refractivity contribution in [2.75, 3.05) is 6.54 Å². The molecule has 0 radical (unpaired) electrons. The van der Waals surface area contributed by atoms with Gasteiger partial charge in [0, 0.05) is 19.0 Å². The Morgan fingerprint density at radius 3 is 2.68 bits per heavy atom. The number of rotatable bonds is 5. The second kappa shape index (κ2) is 8.30. The Bertz CT molecular complexity index is 700. The average Bonchev–Trinajstić information content (AvgIpc) is 3.17. The average molecular weight is 356 g/mol. The molecule has 1 fully saturated rings. The molecular formula is C20H24N2O2S. The van der Waals surface area contributed by atoms with Crippen molar-refractivity contribution < 1.29 is 9.59 Å². The van der Waals surface area contributed by atoms with Crippen LogP contribution >= 0.6 is 11.3 Å². The van der Waals surface area contributed by atoms with Crippen molar-refractivity contribution in [1.82, 2.24) is 10.2 Å². The predicted molar refractivity (Wildman–Crippen MR) is 101 cm³/mol. The summed E-state index contributed by atoms with van der Waals surface area (Å²) in [7, 11) is 0. The molecule has 25 heavy (non-hydrogen) atoms. The minimum absolute atomic E-state index is 0.0287. The number of hydrogen-bond donors (Lipinski definition) is 1. The van der Waals surface area contributed by atoms with E-state index in [9.17, 15) is 9.59 Å². The van der Waals surface area contributed by atoms with E-state index in [0.29, 0.717) is 11.3 Å². The summed E-state index contributed by atoms with van der Waals surface area (Å²) < 4.78 is 0. The summed E-state index contributed by atoms with van der Waals surface area (Å²) >= 11 is 1.39. The molecule has 0 aliphatic carbocycles. The molecule has 2 heterocycles. The lowest BCUT2D eigenvalue weighted by Crippen LogP contribution is -2.53. The molecule has 1 unspecified atom stereocenters. The third-order valence-electron chi connectivity index (χ3n) is 4.72. The van der Waals surface area contributed by atoms with Gasteiger partial charge in [-0.1, -0.05) is 36.4 Å². The molecule has 1 aliphatic rings. The molecule has 1 aromatic carbocycles. The summed E-state index contributed by atoms with van der Waals surface area (Å²) in [6.07, 6.45) is 3.74. The first-order chi connectivity index (χ1) is 12.1. The molecule has 0 spiro atoms. The Morgan fingerprint density at radius 2 is 2.00 bits per heavy atom. The molecule has 5 heteroatoms. The van der Waals surface area contributed by atoms with E-state index in [1.807, 2.05) is 46.7 Å². The molecule has 4 nitrogen and oxygen atoms in total. The standard InChI is InChI=1S/C20H24N2O2S/c1-15-8-5-6-12-22(15)20(24)17(14-16-9-3-2-4-10-16)21-19(23)18-11-7-13-25-18/h2-4,7,9-11,13,15,17H,5-6,8,12,14H2,1H3,(H,21,23)/t15?,17-/m0/s1. The molecule has 1 saturated heterocycles. The highest BCUT2D eigenvalue weighted by atomic mass is 32.1. The van der Waals surface area contributed by atoms with Crippen LogP contribution in [0.1, 0.15) is 41.4 Å². The molecule has 1 N–H and O–H groups in total. The zero-order valence-electron chi connectivity index (χ0n) is 14.5. The van der Waals surface area contributed by atoms with Crippen LogP contribution in [0.25, 0.3) is 0 Å². The highest BCUT2D eigenvalue weighted by Crippen LogP contribution is 2.19. The zero-order chi connectivity index (χ0) is 17.6. The largest absolute Gasteiger partial charge is 0.339 e. The van der Waals surface area contributed by atoms with E-state index < -0.39 is 6.04 Å². The quantitative estimate of drug-likeness (QED) is 0.891. The van der Waals surface area contributed by atoms with Crippen molar-refractivity contribution in [2.24, 2.45) is 0 Å². The first kappa shape index (κ1) is 17.7. The number of amides is 2. The topological polar surface area (TPSA) is 49.4 Å². The van der Waals surface area contributed by atoms with E-state index in [-0.39, 0.29) is 17.9 Å². The van der Waals surface area contributed by atoms with E-state index >= 15 is 0 Å². The Hall–Kier alpha value is -2.14. The molecule has 2 atom stereocenters. The fourth-order valence-electron chi connectivity index (χ4n) is 3.31. The van der Waals surface area contributed by atoms with Gasteiger partial charge in [0.2, 0.25) is 5.91 Å². The number of likely N-dealkylation sites (tertiary alicyclic amines) is 1. The van der Waals surface area contributed by atoms with Crippen molar-refractivity contribution in [2.45, 2.75) is 44.7 Å². The van der Waals surface area contributed by atoms with Crippen LogP contribution in [0.4, 0.5) is 0 Å². The van der Waals surface area contributed by atoms with E-state index in [2.05, 4.69) is 12.2 Å². The highest BCUT2D eigenvalue weighted by molar-refractivity contribution is 7.12. The maximum Gasteiger partial charge on any atom is 0.262 e. The van der Waals surface area contributed by atoms with Crippen molar-refractivity contribution in [3.8, 4) is 0 Å². The van der Waals surface area contributed by atoms with Gasteiger partial charge in [-0.05, 0) is 43.2 Å². The van der Waals surface area contributed by atoms with E-state index in [4.69, 9.17) is 0 Å². The van der Waals surface area contributed by atoms with Gasteiger partial charge in [-0.15, -0.1) is 11.3 Å². The second-order valence-electron chi connectivity index (χ2n) is 6.57. The maximum absolute atomic E-state index is 13.1. The van der Waals surface area contributed by atoms with Crippen LogP contribution in [0.5, 0.6) is 0 Å². The predicted octanol–water partition coefficient (Wildman–Crippen LogP) is 3.49. The van der Waals surface area contributed by atoms with Gasteiger partial charge in [-0.3, -0.25) is 9.59 Å². The van der Waals surface area contributed by atoms with Crippen LogP contribution in [0, 0.1) is 0 Å². The first-order valence-electron chi connectivity index (χ1n) is 8.84. The van der Waals surface area contributed by atoms with Crippen molar-refractivity contribution in [1.29, 1.82) is 0 Å². The van der Waals surface area contributed by atoms with Gasteiger partial charge in [0.1, 0.15) is 6.04 Å². The number of nitrogens with zero attached hydrogens (tertiary/aromatic N) is 1. The summed E-state index contributed by atoms with van der Waals surface area (Å²) in [5.41, 5.74) is 1.05. The van der Waals surface area contributed by atoms with E-state index in [1.54, 1.807) is 6.07 Å². The van der Waals surface area contributed by atoms with Crippen LogP contribution in [-0.2, 0) is 11.2 Å². The summed E-state index contributed by atoms with van der Waals surface area (Å²) in [5.74, 6) is -0.144. The molecule has 0 bridgehead atoms. The minimum Gasteiger partial charge on any atom is -0.339 e. The summed E-state index contributed by atoms with van der Waals surface area (Å²) in [6.45, 7) is 2.87. The SMILES string of the molecule is CC1CCCCN1C(=O)[C@H](Cc1ccccc1)NC(=O)c1cccs1. The molecule has 3 rings (SSSR count). The molecular weight excluding hydrogens is 332 g/mol. The van der Waals surface area contributed by atoms with Crippen molar-refractivity contribution in [3.05, 3.63) is 58.3 Å². The van der Waals surface area contributed by atoms with Crippen LogP contribution in [0.3, 0.4) is 0 Å². The van der Waals surface area contributed by atoms with Gasteiger partial charge >= 0.3 is 0 Å². The lowest BCUT2D eigenvalue weighted by molar-refractivity contribution is -0.136. The number of piperidine rings is 1. The number of hydrogen-bond acceptors (Lipinski definition) is 3. The zero-order valence-corrected chi connectivity index (χ0v) is 15.3. The lowest BCUT2D eigenvalue weighted by atomic mass is 9.99. The number of nitrogens with one attached hydrogen (secondary N) is 1. The van der Waals surface area contributed by atoms with Crippen LogP contribution in [0.2, 0.25) is 0 Å². The molecule has 2 amide bonds. The second-order valence-corrected chi connectivity index (χ2v) is 7.52. The van der Waals surface area contributed by atoms with Gasteiger partial charge < -0.3 is 10.2 Å². The third kappa shape index (κ3) is 4.48. The third-order valence-corrected chi connectivity index (χ3v) is 5.59. The smallest absolute Gasteiger partial charge is 0.262 e. The van der Waals surface area contributed by atoms with Crippen molar-refractivity contribution in [3.63, 3.8) is 0 Å². The monoisotopic (exact) mass is 356 g/mol. The van der Waals surface area contributed by atoms with Gasteiger partial charge in [-0.2, -0.15) is 0 Å². The Labute approximate surface area is 152 Å². The lowest BCUT2D eigenvalue weighted by Gasteiger charge is -2.36. The van der Waals surface area contributed by atoms with Gasteiger partial charge in [0.15, 0.2) is 0 Å². The van der Waals surface area contributed by atoms with E-state index in [0.717, 1.165) is 31.4 Å². The first-order valence-corrected chi connectivity index (χ1v) is 9.72. The molecule has 1 aromatic heterocycles. The molecule has 132 valence electrons. The summed E-state index contributed by atoms with van der Waals surface area (Å²) in [4.78, 5) is 28.2. The fourth-order valence-corrected chi connectivity index (χ4v) is 3.94. The van der Waals surface area contributed by atoms with Crippen LogP contribution in [-0.4, -0.2) is 35.3 Å². The van der Waals surface area contributed by atoms with Crippen LogP contribution in [0.15, 0.2) is 47.8 Å². The molecule has 2 aromatic rings. The van der Waals surface area contributed by atoms with Gasteiger partial charge in [0.05, 0.1) is 4.88 Å². The summed E-state index contributed by atoms with van der Waals surface area (Å²) in [6, 6.07) is 13.2. The Kier molecular flexibility index (Phi) is 5.87. The molecule has 0 saturated carbocycles. The van der Waals surface area contributed by atoms with Crippen molar-refractivity contribution >= 4 is 23.2 Å². The fraction of sp³-hybridized carbons (Fsp3) is 0.400. The number of benzene rings is 1. The van der Waals surface area contributed by atoms with E-state index in [1.165, 1.54) is 11.3 Å².